The maximum absolute atomic E-state index is 14.1. The number of piperidine rings is 1. The Kier molecular flexibility index (Phi) is 4.42. The molecule has 1 aromatic heterocycles. The third-order valence-electron chi connectivity index (χ3n) is 3.66. The van der Waals surface area contributed by atoms with Crippen LogP contribution in [0.1, 0.15) is 36.6 Å². The average Bonchev–Trinajstić information content (AvgIpc) is 2.71. The van der Waals surface area contributed by atoms with E-state index < -0.39 is 12.3 Å². The summed E-state index contributed by atoms with van der Waals surface area (Å²) in [7, 11) is 1.79. The summed E-state index contributed by atoms with van der Waals surface area (Å²) in [5.74, 6) is 0.599. The van der Waals surface area contributed by atoms with Crippen molar-refractivity contribution in [3.8, 4) is 0 Å². The lowest BCUT2D eigenvalue weighted by molar-refractivity contribution is -0.0667. The molecule has 1 fully saturated rings. The van der Waals surface area contributed by atoms with Crippen LogP contribution in [0.4, 0.5) is 4.39 Å². The topological polar surface area (TPSA) is 47.4 Å². The highest BCUT2D eigenvalue weighted by atomic mass is 19.1. The van der Waals surface area contributed by atoms with E-state index in [1.165, 1.54) is 0 Å². The van der Waals surface area contributed by atoms with E-state index in [9.17, 15) is 9.18 Å². The van der Waals surface area contributed by atoms with E-state index in [1.54, 1.807) is 22.7 Å². The van der Waals surface area contributed by atoms with Crippen LogP contribution in [0.5, 0.6) is 0 Å². The van der Waals surface area contributed by atoms with Gasteiger partial charge in [0.1, 0.15) is 17.7 Å². The van der Waals surface area contributed by atoms with Gasteiger partial charge in [-0.3, -0.25) is 4.79 Å². The van der Waals surface area contributed by atoms with Crippen LogP contribution >= 0.6 is 0 Å². The molecule has 1 saturated heterocycles. The molecule has 0 aromatic carbocycles. The van der Waals surface area contributed by atoms with Gasteiger partial charge in [-0.05, 0) is 27.2 Å². The first-order valence-electron chi connectivity index (χ1n) is 6.97. The number of nitrogens with zero attached hydrogens (tertiary/aromatic N) is 3. The summed E-state index contributed by atoms with van der Waals surface area (Å²) in [5, 5.41) is 0. The summed E-state index contributed by atoms with van der Waals surface area (Å²) >= 11 is 0. The Hall–Kier alpha value is -1.43. The first-order valence-corrected chi connectivity index (χ1v) is 6.97. The smallest absolute Gasteiger partial charge is 0.272 e. The Bertz CT molecular complexity index is 487. The lowest BCUT2D eigenvalue weighted by Crippen LogP contribution is -2.49. The Morgan fingerprint density at radius 1 is 1.55 bits per heavy atom. The molecule has 2 atom stereocenters. The summed E-state index contributed by atoms with van der Waals surface area (Å²) in [6.07, 6.45) is 0.528. The molecule has 2 rings (SSSR count). The van der Waals surface area contributed by atoms with Gasteiger partial charge < -0.3 is 14.2 Å². The number of hydrogen-bond acceptors (Lipinski definition) is 3. The number of alkyl halides is 1. The van der Waals surface area contributed by atoms with Gasteiger partial charge in [0.2, 0.25) is 0 Å². The first kappa shape index (κ1) is 15.0. The zero-order chi connectivity index (χ0) is 14.9. The van der Waals surface area contributed by atoms with Crippen molar-refractivity contribution >= 4 is 5.91 Å². The molecule has 0 radical (unpaired) electrons. The van der Waals surface area contributed by atoms with Crippen molar-refractivity contribution in [2.24, 2.45) is 7.05 Å². The van der Waals surface area contributed by atoms with E-state index in [4.69, 9.17) is 4.74 Å². The molecular weight excluding hydrogens is 261 g/mol. The van der Waals surface area contributed by atoms with Crippen LogP contribution in [0.2, 0.25) is 0 Å². The fraction of sp³-hybridized carbons (Fsp3) is 0.714. The molecule has 0 spiro atoms. The van der Waals surface area contributed by atoms with E-state index in [0.29, 0.717) is 18.7 Å². The average molecular weight is 283 g/mol. The number of carbonyl (C=O) groups is 1. The standard InChI is InChI=1S/C14H22FN3O2/c1-9(2)20-13-5-6-18(8-11(13)15)14(19)12-7-16-10(3)17(12)4/h7,9,11,13H,5-6,8H2,1-4H3/t11-,13+/m1/s1. The van der Waals surface area contributed by atoms with Gasteiger partial charge in [0.05, 0.1) is 24.9 Å². The van der Waals surface area contributed by atoms with Crippen LogP contribution in [-0.4, -0.2) is 51.8 Å². The Balaban J connectivity index is 2.02. The minimum atomic E-state index is -1.13. The highest BCUT2D eigenvalue weighted by Crippen LogP contribution is 2.20. The van der Waals surface area contributed by atoms with E-state index in [2.05, 4.69) is 4.98 Å². The van der Waals surface area contributed by atoms with Gasteiger partial charge in [-0.1, -0.05) is 0 Å². The van der Waals surface area contributed by atoms with Crippen molar-refractivity contribution in [2.45, 2.75) is 45.6 Å². The summed E-state index contributed by atoms with van der Waals surface area (Å²) in [6.45, 7) is 6.21. The van der Waals surface area contributed by atoms with Crippen molar-refractivity contribution in [1.29, 1.82) is 0 Å². The third-order valence-corrected chi connectivity index (χ3v) is 3.66. The van der Waals surface area contributed by atoms with E-state index >= 15 is 0 Å². The minimum Gasteiger partial charge on any atom is -0.372 e. The van der Waals surface area contributed by atoms with Gasteiger partial charge in [0, 0.05) is 13.6 Å². The number of imidazole rings is 1. The summed E-state index contributed by atoms with van der Waals surface area (Å²) < 4.78 is 21.4. The van der Waals surface area contributed by atoms with Crippen LogP contribution in [0.3, 0.4) is 0 Å². The van der Waals surface area contributed by atoms with Gasteiger partial charge in [0.15, 0.2) is 0 Å². The third kappa shape index (κ3) is 3.00. The number of aromatic nitrogens is 2. The van der Waals surface area contributed by atoms with Crippen LogP contribution in [0, 0.1) is 6.92 Å². The van der Waals surface area contributed by atoms with Gasteiger partial charge in [-0.2, -0.15) is 0 Å². The summed E-state index contributed by atoms with van der Waals surface area (Å²) in [6, 6.07) is 0. The molecule has 1 aromatic rings. The van der Waals surface area contributed by atoms with Crippen LogP contribution < -0.4 is 0 Å². The number of ether oxygens (including phenoxy) is 1. The number of halogens is 1. The van der Waals surface area contributed by atoms with Crippen molar-refractivity contribution < 1.29 is 13.9 Å². The highest BCUT2D eigenvalue weighted by Gasteiger charge is 2.33. The zero-order valence-corrected chi connectivity index (χ0v) is 12.5. The van der Waals surface area contributed by atoms with E-state index in [-0.39, 0.29) is 18.6 Å². The normalized spacial score (nSPS) is 23.4. The number of rotatable bonds is 3. The molecule has 5 nitrogen and oxygen atoms in total. The lowest BCUT2D eigenvalue weighted by atomic mass is 10.1. The maximum atomic E-state index is 14.1. The second kappa shape index (κ2) is 5.91. The van der Waals surface area contributed by atoms with Crippen molar-refractivity contribution in [3.05, 3.63) is 17.7 Å². The number of hydrogen-bond donors (Lipinski definition) is 0. The molecule has 0 unspecified atom stereocenters. The fourth-order valence-electron chi connectivity index (χ4n) is 2.43. The predicted octanol–water partition coefficient (Wildman–Crippen LogP) is 1.71. The summed E-state index contributed by atoms with van der Waals surface area (Å²) in [5.41, 5.74) is 0.498. The molecule has 1 aliphatic rings. The Morgan fingerprint density at radius 3 is 2.75 bits per heavy atom. The Labute approximate surface area is 118 Å². The number of amides is 1. The first-order chi connectivity index (χ1) is 9.40. The van der Waals surface area contributed by atoms with Crippen molar-refractivity contribution in [3.63, 3.8) is 0 Å². The molecule has 0 aliphatic carbocycles. The molecular formula is C14H22FN3O2. The number of likely N-dealkylation sites (tertiary alicyclic amines) is 1. The molecule has 1 aliphatic heterocycles. The Morgan fingerprint density at radius 2 is 2.25 bits per heavy atom. The molecule has 6 heteroatoms. The molecule has 0 saturated carbocycles. The van der Waals surface area contributed by atoms with Crippen LogP contribution in [0.15, 0.2) is 6.20 Å². The molecule has 0 bridgehead atoms. The maximum Gasteiger partial charge on any atom is 0.272 e. The van der Waals surface area contributed by atoms with Gasteiger partial charge in [-0.15, -0.1) is 0 Å². The van der Waals surface area contributed by atoms with E-state index in [0.717, 1.165) is 5.82 Å². The predicted molar refractivity (Wildman–Crippen MR) is 73.4 cm³/mol. The van der Waals surface area contributed by atoms with E-state index in [1.807, 2.05) is 20.8 Å². The van der Waals surface area contributed by atoms with Crippen LogP contribution in [-0.2, 0) is 11.8 Å². The summed E-state index contributed by atoms with van der Waals surface area (Å²) in [4.78, 5) is 18.0. The number of carbonyl (C=O) groups excluding carboxylic acids is 1. The molecule has 20 heavy (non-hydrogen) atoms. The highest BCUT2D eigenvalue weighted by molar-refractivity contribution is 5.92. The molecule has 1 amide bonds. The van der Waals surface area contributed by atoms with Gasteiger partial charge >= 0.3 is 0 Å². The number of aryl methyl sites for hydroxylation is 1. The molecule has 2 heterocycles. The fourth-order valence-corrected chi connectivity index (χ4v) is 2.43. The van der Waals surface area contributed by atoms with Crippen molar-refractivity contribution in [1.82, 2.24) is 14.5 Å². The SMILES string of the molecule is Cc1ncc(C(=O)N2CC[C@H](OC(C)C)[C@H](F)C2)n1C. The van der Waals surface area contributed by atoms with Gasteiger partial charge in [-0.25, -0.2) is 9.37 Å². The van der Waals surface area contributed by atoms with Gasteiger partial charge in [0.25, 0.3) is 5.91 Å². The molecule has 0 N–H and O–H groups in total. The van der Waals surface area contributed by atoms with Crippen molar-refractivity contribution in [2.75, 3.05) is 13.1 Å². The zero-order valence-electron chi connectivity index (χ0n) is 12.5. The molecule has 112 valence electrons. The second-order valence-corrected chi connectivity index (χ2v) is 5.53. The van der Waals surface area contributed by atoms with Crippen LogP contribution in [0.25, 0.3) is 0 Å². The lowest BCUT2D eigenvalue weighted by Gasteiger charge is -2.35. The quantitative estimate of drug-likeness (QED) is 0.848. The minimum absolute atomic E-state index is 0.000208. The largest absolute Gasteiger partial charge is 0.372 e. The second-order valence-electron chi connectivity index (χ2n) is 5.53. The monoisotopic (exact) mass is 283 g/mol.